The maximum absolute atomic E-state index is 13.0. The molecule has 1 amide bonds. The number of nitrogens with one attached hydrogen (secondary N) is 2. The van der Waals surface area contributed by atoms with Crippen LogP contribution in [0.3, 0.4) is 0 Å². The molecule has 2 aliphatic rings. The number of amides is 1. The van der Waals surface area contributed by atoms with Crippen molar-refractivity contribution in [1.82, 2.24) is 9.62 Å². The van der Waals surface area contributed by atoms with E-state index in [0.29, 0.717) is 13.1 Å². The molecule has 1 fully saturated rings. The quantitative estimate of drug-likeness (QED) is 0.860. The summed E-state index contributed by atoms with van der Waals surface area (Å²) in [5, 5.41) is 3.36. The summed E-state index contributed by atoms with van der Waals surface area (Å²) in [5.74, 6) is 0.245. The Morgan fingerprint density at radius 1 is 1.38 bits per heavy atom. The Balaban J connectivity index is 1.71. The zero-order chi connectivity index (χ0) is 17.2. The summed E-state index contributed by atoms with van der Waals surface area (Å²) in [5.41, 5.74) is 2.97. The minimum atomic E-state index is -3.19. The van der Waals surface area contributed by atoms with Gasteiger partial charge in [-0.15, -0.1) is 0 Å². The summed E-state index contributed by atoms with van der Waals surface area (Å²) < 4.78 is 25.1. The van der Waals surface area contributed by atoms with Gasteiger partial charge < -0.3 is 10.2 Å². The van der Waals surface area contributed by atoms with Gasteiger partial charge in [-0.2, -0.15) is 0 Å². The zero-order valence-electron chi connectivity index (χ0n) is 14.0. The Hall–Kier alpha value is -1.60. The van der Waals surface area contributed by atoms with Crippen LogP contribution < -0.4 is 10.0 Å². The number of carbonyl (C=O) groups is 1. The van der Waals surface area contributed by atoms with E-state index in [9.17, 15) is 13.2 Å². The zero-order valence-corrected chi connectivity index (χ0v) is 14.9. The molecule has 132 valence electrons. The Kier molecular flexibility index (Phi) is 5.10. The van der Waals surface area contributed by atoms with Crippen molar-refractivity contribution in [2.45, 2.75) is 25.7 Å². The molecular formula is C17H25N3O3S. The first-order valence-corrected chi connectivity index (χ1v) is 10.4. The van der Waals surface area contributed by atoms with Crippen LogP contribution in [0, 0.1) is 5.92 Å². The molecule has 7 heteroatoms. The highest BCUT2D eigenvalue weighted by atomic mass is 32.2. The van der Waals surface area contributed by atoms with Gasteiger partial charge in [0.2, 0.25) is 10.0 Å². The van der Waals surface area contributed by atoms with E-state index in [0.717, 1.165) is 55.6 Å². The van der Waals surface area contributed by atoms with Gasteiger partial charge in [0.1, 0.15) is 0 Å². The predicted octanol–water partition coefficient (Wildman–Crippen LogP) is 1.45. The molecule has 24 heavy (non-hydrogen) atoms. The lowest BCUT2D eigenvalue weighted by atomic mass is 9.94. The van der Waals surface area contributed by atoms with Crippen molar-refractivity contribution in [1.29, 1.82) is 0 Å². The molecule has 2 heterocycles. The fourth-order valence-corrected chi connectivity index (χ4v) is 4.10. The van der Waals surface area contributed by atoms with Gasteiger partial charge in [-0.25, -0.2) is 13.1 Å². The summed E-state index contributed by atoms with van der Waals surface area (Å²) in [6, 6.07) is 5.86. The predicted molar refractivity (Wildman–Crippen MR) is 94.7 cm³/mol. The Morgan fingerprint density at radius 3 is 3.00 bits per heavy atom. The number of rotatable bonds is 4. The third-order valence-electron chi connectivity index (χ3n) is 4.77. The number of likely N-dealkylation sites (tertiary alicyclic amines) is 1. The highest BCUT2D eigenvalue weighted by molar-refractivity contribution is 7.88. The average molecular weight is 351 g/mol. The highest BCUT2D eigenvalue weighted by Gasteiger charge is 2.27. The molecule has 0 spiro atoms. The van der Waals surface area contributed by atoms with Crippen molar-refractivity contribution in [2.75, 3.05) is 37.8 Å². The number of benzene rings is 1. The summed E-state index contributed by atoms with van der Waals surface area (Å²) >= 11 is 0. The van der Waals surface area contributed by atoms with Gasteiger partial charge >= 0.3 is 0 Å². The topological polar surface area (TPSA) is 78.5 Å². The van der Waals surface area contributed by atoms with Crippen LogP contribution in [0.15, 0.2) is 18.2 Å². The Labute approximate surface area is 143 Å². The first-order valence-electron chi connectivity index (χ1n) is 8.54. The van der Waals surface area contributed by atoms with Gasteiger partial charge in [-0.3, -0.25) is 4.79 Å². The van der Waals surface area contributed by atoms with E-state index >= 15 is 0 Å². The molecule has 0 bridgehead atoms. The van der Waals surface area contributed by atoms with Crippen LogP contribution in [-0.4, -0.2) is 51.7 Å². The summed E-state index contributed by atoms with van der Waals surface area (Å²) in [7, 11) is -3.19. The third kappa shape index (κ3) is 4.08. The smallest absolute Gasteiger partial charge is 0.254 e. The maximum Gasteiger partial charge on any atom is 0.254 e. The number of hydrogen-bond acceptors (Lipinski definition) is 4. The Bertz CT molecular complexity index is 718. The molecule has 3 rings (SSSR count). The van der Waals surface area contributed by atoms with E-state index in [1.165, 1.54) is 6.26 Å². The lowest BCUT2D eigenvalue weighted by Gasteiger charge is -2.33. The van der Waals surface area contributed by atoms with Crippen molar-refractivity contribution >= 4 is 21.6 Å². The second-order valence-corrected chi connectivity index (χ2v) is 8.58. The van der Waals surface area contributed by atoms with Gasteiger partial charge in [-0.1, -0.05) is 6.07 Å². The molecular weight excluding hydrogens is 326 g/mol. The van der Waals surface area contributed by atoms with Crippen molar-refractivity contribution in [2.24, 2.45) is 5.92 Å². The number of nitrogens with zero attached hydrogens (tertiary/aromatic N) is 1. The fraction of sp³-hybridized carbons (Fsp3) is 0.588. The SMILES string of the molecule is CS(=O)(=O)NCC1CCCN(C(=O)c2cccc3c2CCCN3)C1. The van der Waals surface area contributed by atoms with E-state index < -0.39 is 10.0 Å². The third-order valence-corrected chi connectivity index (χ3v) is 5.46. The Morgan fingerprint density at radius 2 is 2.21 bits per heavy atom. The van der Waals surface area contributed by atoms with Crippen molar-refractivity contribution in [3.05, 3.63) is 29.3 Å². The van der Waals surface area contributed by atoms with Gasteiger partial charge in [0.05, 0.1) is 6.26 Å². The molecule has 2 aliphatic heterocycles. The van der Waals surface area contributed by atoms with Crippen LogP contribution in [-0.2, 0) is 16.4 Å². The largest absolute Gasteiger partial charge is 0.385 e. The van der Waals surface area contributed by atoms with Crippen LogP contribution in [0.4, 0.5) is 5.69 Å². The summed E-state index contributed by atoms with van der Waals surface area (Å²) in [6.07, 6.45) is 4.99. The number of hydrogen-bond donors (Lipinski definition) is 2. The van der Waals surface area contributed by atoms with Gasteiger partial charge in [0, 0.05) is 37.4 Å². The summed E-state index contributed by atoms with van der Waals surface area (Å²) in [6.45, 7) is 2.70. The van der Waals surface area contributed by atoms with E-state index in [1.807, 2.05) is 23.1 Å². The summed E-state index contributed by atoms with van der Waals surface area (Å²) in [4.78, 5) is 14.9. The number of sulfonamides is 1. The van der Waals surface area contributed by atoms with E-state index in [2.05, 4.69) is 10.0 Å². The average Bonchev–Trinajstić information content (AvgIpc) is 2.58. The number of anilines is 1. The van der Waals surface area contributed by atoms with Crippen LogP contribution in [0.1, 0.15) is 35.2 Å². The first kappa shape index (κ1) is 17.2. The molecule has 1 aromatic rings. The molecule has 0 aliphatic carbocycles. The fourth-order valence-electron chi connectivity index (χ4n) is 3.57. The molecule has 1 aromatic carbocycles. The van der Waals surface area contributed by atoms with Crippen molar-refractivity contribution in [3.63, 3.8) is 0 Å². The minimum Gasteiger partial charge on any atom is -0.385 e. The van der Waals surface area contributed by atoms with Gasteiger partial charge in [0.25, 0.3) is 5.91 Å². The standard InChI is InChI=1S/C17H25N3O3S/c1-24(22,23)19-11-13-5-4-10-20(12-13)17(21)15-6-2-8-16-14(15)7-3-9-18-16/h2,6,8,13,18-19H,3-5,7,9-12H2,1H3. The number of carbonyl (C=O) groups excluding carboxylic acids is 1. The van der Waals surface area contributed by atoms with Crippen molar-refractivity contribution in [3.8, 4) is 0 Å². The second kappa shape index (κ2) is 7.11. The molecule has 1 atom stereocenters. The monoisotopic (exact) mass is 351 g/mol. The molecule has 0 radical (unpaired) electrons. The maximum atomic E-state index is 13.0. The molecule has 6 nitrogen and oxygen atoms in total. The van der Waals surface area contributed by atoms with E-state index in [4.69, 9.17) is 0 Å². The van der Waals surface area contributed by atoms with Gasteiger partial charge in [-0.05, 0) is 49.3 Å². The normalized spacial score (nSPS) is 21.0. The van der Waals surface area contributed by atoms with Crippen LogP contribution in [0.5, 0.6) is 0 Å². The molecule has 2 N–H and O–H groups in total. The molecule has 0 aromatic heterocycles. The number of fused-ring (bicyclic) bond motifs is 1. The van der Waals surface area contributed by atoms with Crippen LogP contribution in [0.25, 0.3) is 0 Å². The first-order chi connectivity index (χ1) is 11.4. The molecule has 1 saturated heterocycles. The number of piperidine rings is 1. The van der Waals surface area contributed by atoms with Crippen LogP contribution in [0.2, 0.25) is 0 Å². The minimum absolute atomic E-state index is 0.0691. The molecule has 1 unspecified atom stereocenters. The van der Waals surface area contributed by atoms with Gasteiger partial charge in [0.15, 0.2) is 0 Å². The van der Waals surface area contributed by atoms with Crippen LogP contribution >= 0.6 is 0 Å². The lowest BCUT2D eigenvalue weighted by Crippen LogP contribution is -2.44. The van der Waals surface area contributed by atoms with E-state index in [1.54, 1.807) is 0 Å². The van der Waals surface area contributed by atoms with E-state index in [-0.39, 0.29) is 11.8 Å². The van der Waals surface area contributed by atoms with Crippen molar-refractivity contribution < 1.29 is 13.2 Å². The second-order valence-electron chi connectivity index (χ2n) is 6.74. The molecule has 0 saturated carbocycles. The lowest BCUT2D eigenvalue weighted by molar-refractivity contribution is 0.0675. The highest BCUT2D eigenvalue weighted by Crippen LogP contribution is 2.27.